The van der Waals surface area contributed by atoms with Crippen molar-refractivity contribution in [3.8, 4) is 0 Å². The Morgan fingerprint density at radius 1 is 1.40 bits per heavy atom. The van der Waals surface area contributed by atoms with Gasteiger partial charge in [-0.05, 0) is 24.6 Å². The average Bonchev–Trinajstić information content (AvgIpc) is 2.65. The van der Waals surface area contributed by atoms with Gasteiger partial charge in [0.15, 0.2) is 0 Å². The molecule has 4 nitrogen and oxygen atoms in total. The summed E-state index contributed by atoms with van der Waals surface area (Å²) in [6.07, 6.45) is -0.237. The number of benzene rings is 1. The van der Waals surface area contributed by atoms with Crippen molar-refractivity contribution in [1.29, 1.82) is 0 Å². The molecule has 15 heavy (non-hydrogen) atoms. The van der Waals surface area contributed by atoms with Gasteiger partial charge in [0.25, 0.3) is 0 Å². The maximum Gasteiger partial charge on any atom is 0.410 e. The lowest BCUT2D eigenvalue weighted by Gasteiger charge is -2.21. The van der Waals surface area contributed by atoms with Gasteiger partial charge in [-0.25, -0.2) is 4.79 Å². The summed E-state index contributed by atoms with van der Waals surface area (Å²) in [5.74, 6) is 0. The topological polar surface area (TPSA) is 55.6 Å². The number of hydrogen-bond donors (Lipinski definition) is 1. The molecule has 0 aliphatic carbocycles. The molecular weight excluding hydrogens is 192 g/mol. The van der Waals surface area contributed by atoms with E-state index in [9.17, 15) is 4.79 Å². The first-order chi connectivity index (χ1) is 7.18. The van der Waals surface area contributed by atoms with Crippen LogP contribution in [0.1, 0.15) is 18.5 Å². The van der Waals surface area contributed by atoms with Gasteiger partial charge in [0.05, 0.1) is 12.6 Å². The van der Waals surface area contributed by atoms with E-state index in [4.69, 9.17) is 10.5 Å². The zero-order chi connectivity index (χ0) is 10.8. The van der Waals surface area contributed by atoms with E-state index < -0.39 is 0 Å². The first-order valence-electron chi connectivity index (χ1n) is 4.97. The first kappa shape index (κ1) is 9.83. The Balaban J connectivity index is 2.16. The van der Waals surface area contributed by atoms with Crippen molar-refractivity contribution >= 4 is 11.8 Å². The zero-order valence-corrected chi connectivity index (χ0v) is 8.64. The second kappa shape index (κ2) is 3.81. The number of carbonyl (C=O) groups excluding carboxylic acids is 1. The molecule has 1 aromatic rings. The number of carbonyl (C=O) groups is 1. The van der Waals surface area contributed by atoms with Crippen molar-refractivity contribution in [3.05, 3.63) is 29.8 Å². The summed E-state index contributed by atoms with van der Waals surface area (Å²) >= 11 is 0. The summed E-state index contributed by atoms with van der Waals surface area (Å²) < 4.78 is 4.89. The number of nitrogen functional groups attached to an aromatic ring is 1. The third-order valence-corrected chi connectivity index (χ3v) is 2.68. The van der Waals surface area contributed by atoms with E-state index in [0.29, 0.717) is 13.2 Å². The molecule has 80 valence electrons. The maximum absolute atomic E-state index is 11.3. The Kier molecular flexibility index (Phi) is 2.49. The van der Waals surface area contributed by atoms with Gasteiger partial charge in [0.2, 0.25) is 0 Å². The average molecular weight is 206 g/mol. The fourth-order valence-corrected chi connectivity index (χ4v) is 1.71. The first-order valence-corrected chi connectivity index (χ1v) is 4.97. The second-order valence-electron chi connectivity index (χ2n) is 3.65. The molecule has 2 rings (SSSR count). The number of nitrogens with zero attached hydrogens (tertiary/aromatic N) is 1. The summed E-state index contributed by atoms with van der Waals surface area (Å²) in [7, 11) is 0. The van der Waals surface area contributed by atoms with Gasteiger partial charge < -0.3 is 10.5 Å². The molecule has 1 unspecified atom stereocenters. The number of nitrogens with two attached hydrogens (primary N) is 1. The van der Waals surface area contributed by atoms with E-state index in [1.807, 2.05) is 31.2 Å². The number of cyclic esters (lactones) is 1. The van der Waals surface area contributed by atoms with Crippen LogP contribution in [0.25, 0.3) is 0 Å². The normalized spacial score (nSPS) is 17.7. The molecule has 0 saturated carbocycles. The number of amides is 1. The Morgan fingerprint density at radius 3 is 2.60 bits per heavy atom. The number of ether oxygens (including phenoxy) is 1. The van der Waals surface area contributed by atoms with Gasteiger partial charge >= 0.3 is 6.09 Å². The molecule has 1 heterocycles. The molecule has 1 amide bonds. The molecular formula is C11H14N2O2. The summed E-state index contributed by atoms with van der Waals surface area (Å²) in [4.78, 5) is 13.0. The highest BCUT2D eigenvalue weighted by atomic mass is 16.6. The van der Waals surface area contributed by atoms with E-state index in [2.05, 4.69) is 0 Å². The number of rotatable bonds is 2. The fraction of sp³-hybridized carbons (Fsp3) is 0.364. The monoisotopic (exact) mass is 206 g/mol. The Hall–Kier alpha value is -1.71. The largest absolute Gasteiger partial charge is 0.448 e. The number of hydrogen-bond acceptors (Lipinski definition) is 3. The zero-order valence-electron chi connectivity index (χ0n) is 8.64. The van der Waals surface area contributed by atoms with Crippen molar-refractivity contribution < 1.29 is 9.53 Å². The molecule has 2 N–H and O–H groups in total. The lowest BCUT2D eigenvalue weighted by atomic mass is 10.1. The summed E-state index contributed by atoms with van der Waals surface area (Å²) in [5, 5.41) is 0. The van der Waals surface area contributed by atoms with Crippen LogP contribution >= 0.6 is 0 Å². The van der Waals surface area contributed by atoms with Crippen molar-refractivity contribution in [2.75, 3.05) is 18.9 Å². The van der Waals surface area contributed by atoms with Crippen LogP contribution < -0.4 is 5.73 Å². The fourth-order valence-electron chi connectivity index (χ4n) is 1.71. The molecule has 1 atom stereocenters. The van der Waals surface area contributed by atoms with Crippen molar-refractivity contribution in [2.45, 2.75) is 13.0 Å². The molecule has 0 spiro atoms. The lowest BCUT2D eigenvalue weighted by Crippen LogP contribution is -2.27. The Morgan fingerprint density at radius 2 is 2.07 bits per heavy atom. The van der Waals surface area contributed by atoms with E-state index in [-0.39, 0.29) is 12.1 Å². The standard InChI is InChI=1S/C11H14N2O2/c1-8(13-6-7-15-11(13)14)9-2-4-10(12)5-3-9/h2-5,8H,6-7,12H2,1H3. The van der Waals surface area contributed by atoms with Gasteiger partial charge in [0.1, 0.15) is 6.61 Å². The van der Waals surface area contributed by atoms with Gasteiger partial charge in [0, 0.05) is 5.69 Å². The van der Waals surface area contributed by atoms with Gasteiger partial charge in [-0.15, -0.1) is 0 Å². The number of anilines is 1. The third kappa shape index (κ3) is 1.88. The molecule has 4 heteroatoms. The molecule has 1 aliphatic heterocycles. The van der Waals surface area contributed by atoms with E-state index in [1.165, 1.54) is 0 Å². The van der Waals surface area contributed by atoms with Crippen molar-refractivity contribution in [3.63, 3.8) is 0 Å². The summed E-state index contributed by atoms with van der Waals surface area (Å²) in [6, 6.07) is 7.60. The SMILES string of the molecule is CC(c1ccc(N)cc1)N1CCOC1=O. The van der Waals surface area contributed by atoms with Crippen LogP contribution in [-0.2, 0) is 4.74 Å². The molecule has 1 fully saturated rings. The van der Waals surface area contributed by atoms with Crippen molar-refractivity contribution in [1.82, 2.24) is 4.90 Å². The predicted octanol–water partition coefficient (Wildman–Crippen LogP) is 1.78. The second-order valence-corrected chi connectivity index (χ2v) is 3.65. The third-order valence-electron chi connectivity index (χ3n) is 2.68. The molecule has 0 bridgehead atoms. The van der Waals surface area contributed by atoms with Crippen LogP contribution in [-0.4, -0.2) is 24.1 Å². The van der Waals surface area contributed by atoms with Crippen LogP contribution in [0.3, 0.4) is 0 Å². The minimum Gasteiger partial charge on any atom is -0.448 e. The van der Waals surface area contributed by atoms with E-state index in [0.717, 1.165) is 11.3 Å². The van der Waals surface area contributed by atoms with Crippen LogP contribution in [0.15, 0.2) is 24.3 Å². The molecule has 1 aromatic carbocycles. The van der Waals surface area contributed by atoms with Crippen LogP contribution in [0, 0.1) is 0 Å². The minimum atomic E-state index is -0.237. The highest BCUT2D eigenvalue weighted by Gasteiger charge is 2.27. The quantitative estimate of drug-likeness (QED) is 0.750. The van der Waals surface area contributed by atoms with Crippen LogP contribution in [0.4, 0.5) is 10.5 Å². The van der Waals surface area contributed by atoms with Crippen LogP contribution in [0.5, 0.6) is 0 Å². The maximum atomic E-state index is 11.3. The van der Waals surface area contributed by atoms with E-state index in [1.54, 1.807) is 4.90 Å². The van der Waals surface area contributed by atoms with Gasteiger partial charge in [-0.2, -0.15) is 0 Å². The minimum absolute atomic E-state index is 0.0422. The summed E-state index contributed by atoms with van der Waals surface area (Å²) in [6.45, 7) is 3.13. The smallest absolute Gasteiger partial charge is 0.410 e. The van der Waals surface area contributed by atoms with Gasteiger partial charge in [-0.3, -0.25) is 4.90 Å². The lowest BCUT2D eigenvalue weighted by molar-refractivity contribution is 0.150. The van der Waals surface area contributed by atoms with E-state index >= 15 is 0 Å². The molecule has 0 aromatic heterocycles. The molecule has 1 saturated heterocycles. The molecule has 0 radical (unpaired) electrons. The highest BCUT2D eigenvalue weighted by molar-refractivity contribution is 5.70. The van der Waals surface area contributed by atoms with Crippen LogP contribution in [0.2, 0.25) is 0 Å². The predicted molar refractivity (Wildman–Crippen MR) is 57.3 cm³/mol. The van der Waals surface area contributed by atoms with Gasteiger partial charge in [-0.1, -0.05) is 12.1 Å². The molecule has 1 aliphatic rings. The Labute approximate surface area is 88.6 Å². The van der Waals surface area contributed by atoms with Crippen molar-refractivity contribution in [2.24, 2.45) is 0 Å². The highest BCUT2D eigenvalue weighted by Crippen LogP contribution is 2.23. The Bertz CT molecular complexity index is 361. The summed E-state index contributed by atoms with van der Waals surface area (Å²) in [5.41, 5.74) is 7.41.